The molecule has 112 valence electrons. The Morgan fingerprint density at radius 2 is 2.24 bits per heavy atom. The molecule has 2 aromatic rings. The summed E-state index contributed by atoms with van der Waals surface area (Å²) in [5.74, 6) is 6.64. The zero-order valence-corrected chi connectivity index (χ0v) is 13.3. The number of nitrogens with zero attached hydrogens (tertiary/aromatic N) is 3. The second-order valence-corrected chi connectivity index (χ2v) is 6.08. The average molecular weight is 326 g/mol. The Morgan fingerprint density at radius 3 is 2.90 bits per heavy atom. The van der Waals surface area contributed by atoms with Crippen LogP contribution in [-0.2, 0) is 4.79 Å². The largest absolute Gasteiger partial charge is 0.353 e. The van der Waals surface area contributed by atoms with E-state index in [1.807, 2.05) is 26.0 Å². The van der Waals surface area contributed by atoms with Crippen molar-refractivity contribution in [1.82, 2.24) is 20.2 Å². The van der Waals surface area contributed by atoms with E-state index in [4.69, 9.17) is 17.4 Å². The van der Waals surface area contributed by atoms with Crippen LogP contribution in [0.15, 0.2) is 29.4 Å². The number of hydrogen-bond donors (Lipinski definition) is 2. The second kappa shape index (κ2) is 6.82. The zero-order chi connectivity index (χ0) is 15.4. The predicted molar refractivity (Wildman–Crippen MR) is 84.6 cm³/mol. The molecule has 2 rings (SSSR count). The highest BCUT2D eigenvalue weighted by atomic mass is 35.5. The van der Waals surface area contributed by atoms with Crippen LogP contribution in [-0.4, -0.2) is 32.6 Å². The minimum Gasteiger partial charge on any atom is -0.353 e. The monoisotopic (exact) mass is 325 g/mol. The first kappa shape index (κ1) is 15.7. The molecule has 1 aromatic heterocycles. The molecule has 0 atom stereocenters. The Hall–Kier alpha value is -1.73. The lowest BCUT2D eigenvalue weighted by molar-refractivity contribution is -0.119. The fraction of sp³-hybridized carbons (Fsp3) is 0.308. The first-order valence-corrected chi connectivity index (χ1v) is 7.72. The molecular weight excluding hydrogens is 310 g/mol. The number of amides is 1. The number of thioether (sulfide) groups is 1. The minimum absolute atomic E-state index is 0.0673. The number of halogens is 1. The van der Waals surface area contributed by atoms with Gasteiger partial charge in [0.15, 0.2) is 5.82 Å². The van der Waals surface area contributed by atoms with Crippen molar-refractivity contribution in [2.24, 2.45) is 0 Å². The average Bonchev–Trinajstić information content (AvgIpc) is 2.77. The Labute approximate surface area is 132 Å². The van der Waals surface area contributed by atoms with Gasteiger partial charge in [0, 0.05) is 16.6 Å². The van der Waals surface area contributed by atoms with E-state index in [9.17, 15) is 4.79 Å². The highest BCUT2D eigenvalue weighted by Gasteiger charge is 2.14. The summed E-state index contributed by atoms with van der Waals surface area (Å²) in [5, 5.41) is 11.9. The molecule has 0 saturated heterocycles. The molecule has 6 nitrogen and oxygen atoms in total. The Balaban J connectivity index is 2.09. The van der Waals surface area contributed by atoms with Gasteiger partial charge in [-0.1, -0.05) is 35.5 Å². The first-order chi connectivity index (χ1) is 9.97. The van der Waals surface area contributed by atoms with E-state index in [2.05, 4.69) is 15.5 Å². The third-order valence-electron chi connectivity index (χ3n) is 2.53. The number of nitrogens with one attached hydrogen (secondary N) is 1. The highest BCUT2D eigenvalue weighted by molar-refractivity contribution is 7.99. The van der Waals surface area contributed by atoms with Crippen molar-refractivity contribution in [1.29, 1.82) is 0 Å². The molecule has 0 saturated carbocycles. The summed E-state index contributed by atoms with van der Waals surface area (Å²) in [5.41, 5.74) is 0.774. The van der Waals surface area contributed by atoms with Gasteiger partial charge in [0.2, 0.25) is 11.1 Å². The molecule has 3 N–H and O–H groups in total. The number of hydrogen-bond acceptors (Lipinski definition) is 5. The van der Waals surface area contributed by atoms with Crippen molar-refractivity contribution in [3.63, 3.8) is 0 Å². The lowest BCUT2D eigenvalue weighted by Crippen LogP contribution is -2.31. The molecule has 0 aliphatic carbocycles. The van der Waals surface area contributed by atoms with E-state index >= 15 is 0 Å². The topological polar surface area (TPSA) is 85.8 Å². The Morgan fingerprint density at radius 1 is 1.48 bits per heavy atom. The molecule has 0 spiro atoms. The van der Waals surface area contributed by atoms with Crippen LogP contribution >= 0.6 is 23.4 Å². The minimum atomic E-state index is -0.0673. The van der Waals surface area contributed by atoms with E-state index < -0.39 is 0 Å². The molecule has 21 heavy (non-hydrogen) atoms. The lowest BCUT2D eigenvalue weighted by atomic mass is 10.2. The Bertz CT molecular complexity index is 643. The van der Waals surface area contributed by atoms with Gasteiger partial charge in [-0.2, -0.15) is 0 Å². The summed E-state index contributed by atoms with van der Waals surface area (Å²) in [7, 11) is 0. The van der Waals surface area contributed by atoms with Crippen molar-refractivity contribution in [2.75, 3.05) is 11.6 Å². The molecule has 0 radical (unpaired) electrons. The summed E-state index contributed by atoms with van der Waals surface area (Å²) < 4.78 is 1.36. The van der Waals surface area contributed by atoms with Crippen LogP contribution in [0.1, 0.15) is 13.8 Å². The van der Waals surface area contributed by atoms with Crippen LogP contribution in [0.25, 0.3) is 11.4 Å². The van der Waals surface area contributed by atoms with Crippen molar-refractivity contribution >= 4 is 29.3 Å². The number of nitrogen functional groups attached to an aromatic ring is 1. The molecule has 8 heteroatoms. The van der Waals surface area contributed by atoms with Crippen molar-refractivity contribution in [3.05, 3.63) is 29.3 Å². The fourth-order valence-electron chi connectivity index (χ4n) is 1.69. The normalized spacial score (nSPS) is 10.9. The van der Waals surface area contributed by atoms with Gasteiger partial charge < -0.3 is 11.2 Å². The summed E-state index contributed by atoms with van der Waals surface area (Å²) in [4.78, 5) is 11.6. The molecule has 0 fully saturated rings. The van der Waals surface area contributed by atoms with Gasteiger partial charge in [0.05, 0.1) is 5.75 Å². The molecule has 1 aromatic carbocycles. The van der Waals surface area contributed by atoms with Crippen LogP contribution in [0, 0.1) is 0 Å². The predicted octanol–water partition coefficient (Wildman–Crippen LogP) is 1.93. The number of carbonyl (C=O) groups excluding carboxylic acids is 1. The van der Waals surface area contributed by atoms with Gasteiger partial charge in [-0.15, -0.1) is 10.2 Å². The molecule has 1 amide bonds. The van der Waals surface area contributed by atoms with Gasteiger partial charge in [0.1, 0.15) is 0 Å². The number of rotatable bonds is 5. The van der Waals surface area contributed by atoms with E-state index in [0.29, 0.717) is 16.0 Å². The van der Waals surface area contributed by atoms with Gasteiger partial charge in [-0.05, 0) is 26.0 Å². The SMILES string of the molecule is CC(C)NC(=O)CSc1nnc(-c2cccc(Cl)c2)n1N. The molecular formula is C13H16ClN5OS. The summed E-state index contributed by atoms with van der Waals surface area (Å²) in [6.07, 6.45) is 0. The van der Waals surface area contributed by atoms with E-state index in [0.717, 1.165) is 5.56 Å². The number of carbonyl (C=O) groups is 1. The van der Waals surface area contributed by atoms with Crippen molar-refractivity contribution in [2.45, 2.75) is 25.0 Å². The van der Waals surface area contributed by atoms with E-state index in [1.165, 1.54) is 16.4 Å². The lowest BCUT2D eigenvalue weighted by Gasteiger charge is -2.07. The fourth-order valence-corrected chi connectivity index (χ4v) is 2.55. The summed E-state index contributed by atoms with van der Waals surface area (Å²) in [6.45, 7) is 3.82. The van der Waals surface area contributed by atoms with Crippen LogP contribution in [0.2, 0.25) is 5.02 Å². The maximum atomic E-state index is 11.6. The first-order valence-electron chi connectivity index (χ1n) is 6.36. The molecule has 0 bridgehead atoms. The number of nitrogens with two attached hydrogens (primary N) is 1. The molecule has 1 heterocycles. The zero-order valence-electron chi connectivity index (χ0n) is 11.7. The van der Waals surface area contributed by atoms with Gasteiger partial charge in [0.25, 0.3) is 0 Å². The maximum Gasteiger partial charge on any atom is 0.230 e. The van der Waals surface area contributed by atoms with Crippen LogP contribution in [0.4, 0.5) is 0 Å². The molecule has 0 aliphatic heterocycles. The second-order valence-electron chi connectivity index (χ2n) is 4.70. The summed E-state index contributed by atoms with van der Waals surface area (Å²) >= 11 is 7.18. The van der Waals surface area contributed by atoms with Crippen LogP contribution in [0.3, 0.4) is 0 Å². The molecule has 0 unspecified atom stereocenters. The maximum absolute atomic E-state index is 11.6. The van der Waals surface area contributed by atoms with Crippen LogP contribution < -0.4 is 11.2 Å². The Kier molecular flexibility index (Phi) is 5.08. The van der Waals surface area contributed by atoms with Gasteiger partial charge >= 0.3 is 0 Å². The van der Waals surface area contributed by atoms with E-state index in [-0.39, 0.29) is 17.7 Å². The quantitative estimate of drug-likeness (QED) is 0.648. The molecule has 0 aliphatic rings. The smallest absolute Gasteiger partial charge is 0.230 e. The third kappa shape index (κ3) is 4.12. The standard InChI is InChI=1S/C13H16ClN5OS/c1-8(2)16-11(20)7-21-13-18-17-12(19(13)15)9-4-3-5-10(14)6-9/h3-6,8H,7,15H2,1-2H3,(H,16,20). The highest BCUT2D eigenvalue weighted by Crippen LogP contribution is 2.23. The van der Waals surface area contributed by atoms with E-state index in [1.54, 1.807) is 12.1 Å². The van der Waals surface area contributed by atoms with Crippen molar-refractivity contribution in [3.8, 4) is 11.4 Å². The third-order valence-corrected chi connectivity index (χ3v) is 3.71. The van der Waals surface area contributed by atoms with Gasteiger partial charge in [-0.25, -0.2) is 4.68 Å². The van der Waals surface area contributed by atoms with Gasteiger partial charge in [-0.3, -0.25) is 4.79 Å². The number of benzene rings is 1. The number of aromatic nitrogens is 3. The van der Waals surface area contributed by atoms with Crippen molar-refractivity contribution < 1.29 is 4.79 Å². The summed E-state index contributed by atoms with van der Waals surface area (Å²) in [6, 6.07) is 7.30. The van der Waals surface area contributed by atoms with Crippen LogP contribution in [0.5, 0.6) is 0 Å².